The van der Waals surface area contributed by atoms with Gasteiger partial charge in [0.25, 0.3) is 0 Å². The van der Waals surface area contributed by atoms with Gasteiger partial charge in [-0.3, -0.25) is 0 Å². The smallest absolute Gasteiger partial charge is 0.341 e. The average Bonchev–Trinajstić information content (AvgIpc) is 2.17. The van der Waals surface area contributed by atoms with Crippen molar-refractivity contribution >= 4 is 87.0 Å². The third-order valence-electron chi connectivity index (χ3n) is 2.11. The van der Waals surface area contributed by atoms with E-state index in [-0.39, 0.29) is 0 Å². The van der Waals surface area contributed by atoms with Gasteiger partial charge in [-0.15, -0.1) is 66.5 Å². The summed E-state index contributed by atoms with van der Waals surface area (Å²) in [5.41, 5.74) is 0. The standard InChI is InChI=1S/C8H18Cl6O2Si3/c1-17(2,15-5-3-7-18(9,10)11)16-6-4-8-19(12,13)14/h3-8H2,1-2H3. The van der Waals surface area contributed by atoms with Crippen LogP contribution in [0.5, 0.6) is 0 Å². The Kier molecular flexibility index (Phi) is 10.6. The summed E-state index contributed by atoms with van der Waals surface area (Å²) in [6.07, 6.45) is 1.48. The zero-order valence-corrected chi connectivity index (χ0v) is 18.4. The summed E-state index contributed by atoms with van der Waals surface area (Å²) in [7, 11) is -2.12. The molecule has 0 fully saturated rings. The molecular weight excluding hydrogens is 425 g/mol. The first-order valence-corrected chi connectivity index (χ1v) is 19.1. The zero-order chi connectivity index (χ0) is 15.2. The van der Waals surface area contributed by atoms with Crippen LogP contribution < -0.4 is 0 Å². The van der Waals surface area contributed by atoms with E-state index in [1.54, 1.807) is 0 Å². The quantitative estimate of drug-likeness (QED) is 0.241. The van der Waals surface area contributed by atoms with Gasteiger partial charge < -0.3 is 8.85 Å². The van der Waals surface area contributed by atoms with Crippen molar-refractivity contribution in [2.45, 2.75) is 38.0 Å². The van der Waals surface area contributed by atoms with Gasteiger partial charge >= 0.3 is 20.6 Å². The average molecular weight is 443 g/mol. The molecule has 0 N–H and O–H groups in total. The first-order valence-electron chi connectivity index (χ1n) is 5.83. The Labute approximate surface area is 146 Å². The molecule has 116 valence electrons. The van der Waals surface area contributed by atoms with E-state index in [1.807, 2.05) is 13.1 Å². The Bertz CT molecular complexity index is 232. The lowest BCUT2D eigenvalue weighted by molar-refractivity contribution is 0.179. The van der Waals surface area contributed by atoms with Crippen LogP contribution in [-0.4, -0.2) is 33.8 Å². The molecule has 0 aromatic carbocycles. The van der Waals surface area contributed by atoms with Crippen molar-refractivity contribution in [3.05, 3.63) is 0 Å². The molecular formula is C8H18Cl6O2Si3. The summed E-state index contributed by atoms with van der Waals surface area (Å²) in [5, 5.41) is 0. The Morgan fingerprint density at radius 3 is 1.26 bits per heavy atom. The summed E-state index contributed by atoms with van der Waals surface area (Å²) in [5.74, 6) is 0. The van der Waals surface area contributed by atoms with Gasteiger partial charge in [0.1, 0.15) is 0 Å². The van der Waals surface area contributed by atoms with E-state index in [0.717, 1.165) is 12.8 Å². The van der Waals surface area contributed by atoms with Crippen LogP contribution in [0.1, 0.15) is 12.8 Å². The second-order valence-electron chi connectivity index (χ2n) is 4.53. The van der Waals surface area contributed by atoms with Gasteiger partial charge in [0, 0.05) is 13.2 Å². The number of rotatable bonds is 10. The molecule has 0 rings (SSSR count). The fraction of sp³-hybridized carbons (Fsp3) is 1.00. The molecule has 0 aromatic heterocycles. The largest absolute Gasteiger partial charge is 0.395 e. The number of hydrogen-bond donors (Lipinski definition) is 0. The van der Waals surface area contributed by atoms with Crippen molar-refractivity contribution < 1.29 is 8.85 Å². The Morgan fingerprint density at radius 2 is 1.00 bits per heavy atom. The highest BCUT2D eigenvalue weighted by Crippen LogP contribution is 2.27. The molecule has 11 heteroatoms. The van der Waals surface area contributed by atoms with E-state index in [0.29, 0.717) is 25.3 Å². The third-order valence-corrected chi connectivity index (χ3v) is 9.15. The Balaban J connectivity index is 3.69. The summed E-state index contributed by atoms with van der Waals surface area (Å²) in [6.45, 7) is 5.07. The lowest BCUT2D eigenvalue weighted by atomic mass is 10.5. The lowest BCUT2D eigenvalue weighted by Crippen LogP contribution is -2.36. The van der Waals surface area contributed by atoms with Crippen LogP contribution in [0.15, 0.2) is 0 Å². The van der Waals surface area contributed by atoms with Crippen molar-refractivity contribution in [2.75, 3.05) is 13.2 Å². The molecule has 0 spiro atoms. The minimum atomic E-state index is -2.53. The highest BCUT2D eigenvalue weighted by molar-refractivity contribution is 7.65. The predicted octanol–water partition coefficient (Wildman–Crippen LogP) is 5.81. The molecule has 0 aliphatic carbocycles. The van der Waals surface area contributed by atoms with E-state index in [1.165, 1.54) is 0 Å². The van der Waals surface area contributed by atoms with Crippen LogP contribution in [-0.2, 0) is 8.85 Å². The van der Waals surface area contributed by atoms with E-state index in [4.69, 9.17) is 75.3 Å². The molecule has 0 aliphatic heterocycles. The summed E-state index contributed by atoms with van der Waals surface area (Å²) < 4.78 is 11.5. The molecule has 0 aliphatic rings. The number of hydrogen-bond acceptors (Lipinski definition) is 2. The molecule has 0 aromatic rings. The van der Waals surface area contributed by atoms with Gasteiger partial charge in [-0.25, -0.2) is 0 Å². The van der Waals surface area contributed by atoms with Crippen LogP contribution in [0.3, 0.4) is 0 Å². The predicted molar refractivity (Wildman–Crippen MR) is 94.9 cm³/mol. The molecule has 0 amide bonds. The molecule has 0 atom stereocenters. The van der Waals surface area contributed by atoms with Crippen molar-refractivity contribution in [3.8, 4) is 0 Å². The van der Waals surface area contributed by atoms with Crippen LogP contribution in [0, 0.1) is 0 Å². The molecule has 2 nitrogen and oxygen atoms in total. The summed E-state index contributed by atoms with van der Waals surface area (Å²) in [6, 6.07) is -3.87. The normalized spacial score (nSPS) is 13.9. The first-order chi connectivity index (χ1) is 8.41. The monoisotopic (exact) mass is 440 g/mol. The van der Waals surface area contributed by atoms with Gasteiger partial charge in [0.15, 0.2) is 0 Å². The van der Waals surface area contributed by atoms with Crippen molar-refractivity contribution in [1.82, 2.24) is 0 Å². The Hall–Kier alpha value is 2.31. The van der Waals surface area contributed by atoms with Crippen LogP contribution in [0.2, 0.25) is 25.2 Å². The maximum absolute atomic E-state index is 5.79. The number of halogens is 6. The van der Waals surface area contributed by atoms with E-state index >= 15 is 0 Å². The van der Waals surface area contributed by atoms with Gasteiger partial charge in [-0.1, -0.05) is 0 Å². The van der Waals surface area contributed by atoms with Crippen molar-refractivity contribution in [1.29, 1.82) is 0 Å². The Morgan fingerprint density at radius 1 is 0.684 bits per heavy atom. The minimum Gasteiger partial charge on any atom is -0.395 e. The molecule has 0 unspecified atom stereocenters. The zero-order valence-electron chi connectivity index (χ0n) is 10.8. The maximum atomic E-state index is 5.79. The fourth-order valence-electron chi connectivity index (χ4n) is 1.22. The summed E-state index contributed by atoms with van der Waals surface area (Å²) >= 11 is 34.7. The van der Waals surface area contributed by atoms with E-state index in [2.05, 4.69) is 0 Å². The fourth-order valence-corrected chi connectivity index (χ4v) is 6.07. The third kappa shape index (κ3) is 16.5. The van der Waals surface area contributed by atoms with Crippen LogP contribution >= 0.6 is 66.5 Å². The molecule has 0 heterocycles. The second-order valence-corrected chi connectivity index (χ2v) is 26.5. The van der Waals surface area contributed by atoms with Gasteiger partial charge in [-0.05, 0) is 38.0 Å². The first kappa shape index (κ1) is 21.3. The second kappa shape index (κ2) is 9.45. The molecule has 0 bridgehead atoms. The van der Waals surface area contributed by atoms with Crippen LogP contribution in [0.4, 0.5) is 0 Å². The summed E-state index contributed by atoms with van der Waals surface area (Å²) in [4.78, 5) is 0. The highest BCUT2D eigenvalue weighted by atomic mass is 35.8. The topological polar surface area (TPSA) is 18.5 Å². The molecule has 0 radical (unpaired) electrons. The SMILES string of the molecule is C[Si](C)(OCCC[Si](Cl)(Cl)Cl)OCCC[Si](Cl)(Cl)Cl. The lowest BCUT2D eigenvalue weighted by Gasteiger charge is -2.23. The molecule has 19 heavy (non-hydrogen) atoms. The van der Waals surface area contributed by atoms with Gasteiger partial charge in [-0.2, -0.15) is 0 Å². The van der Waals surface area contributed by atoms with Gasteiger partial charge in [0.05, 0.1) is 0 Å². The minimum absolute atomic E-state index is 0.555. The highest BCUT2D eigenvalue weighted by Gasteiger charge is 2.28. The maximum Gasteiger partial charge on any atom is 0.341 e. The van der Waals surface area contributed by atoms with E-state index < -0.39 is 20.6 Å². The van der Waals surface area contributed by atoms with Crippen molar-refractivity contribution in [2.24, 2.45) is 0 Å². The van der Waals surface area contributed by atoms with E-state index in [9.17, 15) is 0 Å². The van der Waals surface area contributed by atoms with Crippen LogP contribution in [0.25, 0.3) is 0 Å². The molecule has 0 saturated heterocycles. The van der Waals surface area contributed by atoms with Crippen molar-refractivity contribution in [3.63, 3.8) is 0 Å². The van der Waals surface area contributed by atoms with Gasteiger partial charge in [0.2, 0.25) is 0 Å². The molecule has 0 saturated carbocycles.